The Hall–Kier alpha value is -3.64. The molecule has 0 aliphatic heterocycles. The predicted molar refractivity (Wildman–Crippen MR) is 124 cm³/mol. The van der Waals surface area contributed by atoms with E-state index in [0.29, 0.717) is 11.3 Å². The van der Waals surface area contributed by atoms with Gasteiger partial charge in [0.1, 0.15) is 0 Å². The summed E-state index contributed by atoms with van der Waals surface area (Å²) < 4.78 is 27.6. The lowest BCUT2D eigenvalue weighted by Gasteiger charge is -2.17. The lowest BCUT2D eigenvalue weighted by Crippen LogP contribution is -2.27. The van der Waals surface area contributed by atoms with E-state index in [4.69, 9.17) is 0 Å². The number of hydrogen-bond donors (Lipinski definition) is 2. The van der Waals surface area contributed by atoms with E-state index in [1.807, 2.05) is 49.4 Å². The fourth-order valence-corrected chi connectivity index (χ4v) is 4.59. The molecule has 6 heteroatoms. The maximum Gasteiger partial charge on any atom is 0.261 e. The molecule has 0 saturated carbocycles. The highest BCUT2D eigenvalue weighted by Crippen LogP contribution is 2.24. The van der Waals surface area contributed by atoms with Gasteiger partial charge < -0.3 is 5.32 Å². The molecule has 5 nitrogen and oxygen atoms in total. The van der Waals surface area contributed by atoms with Crippen LogP contribution in [0.3, 0.4) is 0 Å². The van der Waals surface area contributed by atoms with Crippen LogP contribution in [0.5, 0.6) is 0 Å². The highest BCUT2D eigenvalue weighted by atomic mass is 32.2. The number of fused-ring (bicyclic) bond motifs is 1. The van der Waals surface area contributed by atoms with Crippen LogP contribution >= 0.6 is 0 Å². The average Bonchev–Trinajstić information content (AvgIpc) is 2.79. The van der Waals surface area contributed by atoms with Gasteiger partial charge in [0.15, 0.2) is 0 Å². The first kappa shape index (κ1) is 20.6. The Morgan fingerprint density at radius 3 is 2.29 bits per heavy atom. The molecule has 1 unspecified atom stereocenters. The second-order valence-electron chi connectivity index (χ2n) is 7.26. The number of hydrogen-bond acceptors (Lipinski definition) is 3. The minimum Gasteiger partial charge on any atom is -0.345 e. The summed E-state index contributed by atoms with van der Waals surface area (Å²) in [4.78, 5) is 13.0. The number of carbonyl (C=O) groups excluding carboxylic acids is 1. The van der Waals surface area contributed by atoms with E-state index in [9.17, 15) is 13.2 Å². The SMILES string of the molecule is CC(NC(=O)c1cccc(NS(=O)(=O)c2ccccc2)c1)c1cccc2ccccc12. The van der Waals surface area contributed by atoms with Crippen molar-refractivity contribution in [2.45, 2.75) is 17.9 Å². The van der Waals surface area contributed by atoms with Crippen molar-refractivity contribution in [2.24, 2.45) is 0 Å². The van der Waals surface area contributed by atoms with Crippen molar-refractivity contribution in [3.05, 3.63) is 108 Å². The fourth-order valence-electron chi connectivity index (χ4n) is 3.52. The number of nitrogens with one attached hydrogen (secondary N) is 2. The zero-order chi connectivity index (χ0) is 21.8. The van der Waals surface area contributed by atoms with Crippen molar-refractivity contribution < 1.29 is 13.2 Å². The van der Waals surface area contributed by atoms with Gasteiger partial charge in [0.25, 0.3) is 15.9 Å². The van der Waals surface area contributed by atoms with E-state index >= 15 is 0 Å². The number of carbonyl (C=O) groups is 1. The van der Waals surface area contributed by atoms with E-state index in [0.717, 1.165) is 16.3 Å². The van der Waals surface area contributed by atoms with E-state index in [-0.39, 0.29) is 16.8 Å². The van der Waals surface area contributed by atoms with Gasteiger partial charge in [-0.05, 0) is 53.6 Å². The smallest absolute Gasteiger partial charge is 0.261 e. The first-order valence-electron chi connectivity index (χ1n) is 9.90. The third kappa shape index (κ3) is 4.59. The second kappa shape index (κ2) is 8.62. The highest BCUT2D eigenvalue weighted by Gasteiger charge is 2.16. The fraction of sp³-hybridized carbons (Fsp3) is 0.0800. The molecule has 31 heavy (non-hydrogen) atoms. The van der Waals surface area contributed by atoms with Crippen LogP contribution in [0, 0.1) is 0 Å². The number of amides is 1. The molecule has 0 heterocycles. The molecule has 0 aromatic heterocycles. The molecular weight excluding hydrogens is 408 g/mol. The van der Waals surface area contributed by atoms with Gasteiger partial charge >= 0.3 is 0 Å². The van der Waals surface area contributed by atoms with Crippen molar-refractivity contribution >= 4 is 32.4 Å². The van der Waals surface area contributed by atoms with Gasteiger partial charge in [-0.1, -0.05) is 66.7 Å². The molecule has 4 aromatic rings. The molecular formula is C25H22N2O3S. The van der Waals surface area contributed by atoms with Gasteiger partial charge in [-0.3, -0.25) is 9.52 Å². The van der Waals surface area contributed by atoms with Crippen molar-refractivity contribution in [1.29, 1.82) is 0 Å². The van der Waals surface area contributed by atoms with E-state index in [1.54, 1.807) is 36.4 Å². The second-order valence-corrected chi connectivity index (χ2v) is 8.95. The standard InChI is InChI=1S/C25H22N2O3S/c1-18(23-16-8-10-19-9-5-6-15-24(19)23)26-25(28)20-11-7-12-21(17-20)27-31(29,30)22-13-3-2-4-14-22/h2-18,27H,1H3,(H,26,28). The largest absolute Gasteiger partial charge is 0.345 e. The summed E-state index contributed by atoms with van der Waals surface area (Å²) in [6, 6.07) is 28.4. The molecule has 1 amide bonds. The molecule has 4 rings (SSSR count). The van der Waals surface area contributed by atoms with Crippen molar-refractivity contribution in [3.8, 4) is 0 Å². The molecule has 0 radical (unpaired) electrons. The Morgan fingerprint density at radius 1 is 0.806 bits per heavy atom. The summed E-state index contributed by atoms with van der Waals surface area (Å²) in [7, 11) is -3.73. The van der Waals surface area contributed by atoms with Crippen molar-refractivity contribution in [2.75, 3.05) is 4.72 Å². The normalized spacial score (nSPS) is 12.3. The Kier molecular flexibility index (Phi) is 5.73. The van der Waals surface area contributed by atoms with Gasteiger partial charge in [0.05, 0.1) is 10.9 Å². The van der Waals surface area contributed by atoms with Crippen LogP contribution < -0.4 is 10.0 Å². The quantitative estimate of drug-likeness (QED) is 0.445. The molecule has 4 aromatic carbocycles. The zero-order valence-electron chi connectivity index (χ0n) is 16.9. The summed E-state index contributed by atoms with van der Waals surface area (Å²) in [5.74, 6) is -0.277. The van der Waals surface area contributed by atoms with Gasteiger partial charge in [-0.25, -0.2) is 8.42 Å². The van der Waals surface area contributed by atoms with Crippen LogP contribution in [0.4, 0.5) is 5.69 Å². The monoisotopic (exact) mass is 430 g/mol. The van der Waals surface area contributed by atoms with Crippen molar-refractivity contribution in [3.63, 3.8) is 0 Å². The Bertz CT molecular complexity index is 1330. The van der Waals surface area contributed by atoms with Gasteiger partial charge in [-0.15, -0.1) is 0 Å². The van der Waals surface area contributed by atoms with Gasteiger partial charge in [-0.2, -0.15) is 0 Å². The van der Waals surface area contributed by atoms with Crippen LogP contribution in [-0.2, 0) is 10.0 Å². The summed E-state index contributed by atoms with van der Waals surface area (Å²) in [6.45, 7) is 1.93. The number of benzene rings is 4. The Morgan fingerprint density at radius 2 is 1.48 bits per heavy atom. The maximum absolute atomic E-state index is 12.9. The van der Waals surface area contributed by atoms with E-state index < -0.39 is 10.0 Å². The number of sulfonamides is 1. The van der Waals surface area contributed by atoms with Crippen molar-refractivity contribution in [1.82, 2.24) is 5.32 Å². The minimum atomic E-state index is -3.73. The summed E-state index contributed by atoms with van der Waals surface area (Å²) in [6.07, 6.45) is 0. The lowest BCUT2D eigenvalue weighted by atomic mass is 9.99. The van der Waals surface area contributed by atoms with E-state index in [2.05, 4.69) is 10.0 Å². The first-order chi connectivity index (χ1) is 14.9. The highest BCUT2D eigenvalue weighted by molar-refractivity contribution is 7.92. The molecule has 0 aliphatic carbocycles. The van der Waals surface area contributed by atoms with Gasteiger partial charge in [0.2, 0.25) is 0 Å². The molecule has 2 N–H and O–H groups in total. The van der Waals surface area contributed by atoms with Crippen LogP contribution in [0.1, 0.15) is 28.9 Å². The molecule has 0 bridgehead atoms. The third-order valence-corrected chi connectivity index (χ3v) is 6.47. The topological polar surface area (TPSA) is 75.3 Å². The summed E-state index contributed by atoms with van der Waals surface area (Å²) in [5.41, 5.74) is 1.72. The predicted octanol–water partition coefficient (Wildman–Crippen LogP) is 5.13. The third-order valence-electron chi connectivity index (χ3n) is 5.07. The molecule has 0 spiro atoms. The Balaban J connectivity index is 1.53. The van der Waals surface area contributed by atoms with Crippen LogP contribution in [0.25, 0.3) is 10.8 Å². The van der Waals surface area contributed by atoms with Crippen LogP contribution in [0.2, 0.25) is 0 Å². The average molecular weight is 431 g/mol. The molecule has 0 fully saturated rings. The number of rotatable bonds is 6. The van der Waals surface area contributed by atoms with E-state index in [1.165, 1.54) is 18.2 Å². The van der Waals surface area contributed by atoms with Gasteiger partial charge in [0, 0.05) is 11.3 Å². The lowest BCUT2D eigenvalue weighted by molar-refractivity contribution is 0.0940. The molecule has 0 aliphatic rings. The molecule has 0 saturated heterocycles. The molecule has 156 valence electrons. The maximum atomic E-state index is 12.9. The summed E-state index contributed by atoms with van der Waals surface area (Å²) in [5, 5.41) is 5.21. The summed E-state index contributed by atoms with van der Waals surface area (Å²) >= 11 is 0. The number of anilines is 1. The first-order valence-corrected chi connectivity index (χ1v) is 11.4. The van der Waals surface area contributed by atoms with Crippen LogP contribution in [0.15, 0.2) is 102 Å². The Labute approximate surface area is 181 Å². The van der Waals surface area contributed by atoms with Crippen LogP contribution in [-0.4, -0.2) is 14.3 Å². The molecule has 1 atom stereocenters. The zero-order valence-corrected chi connectivity index (χ0v) is 17.8. The minimum absolute atomic E-state index is 0.162.